The van der Waals surface area contributed by atoms with Crippen molar-refractivity contribution >= 4 is 39.0 Å². The summed E-state index contributed by atoms with van der Waals surface area (Å²) in [6, 6.07) is 0. The molecule has 1 atom stereocenters. The lowest BCUT2D eigenvalue weighted by Crippen LogP contribution is -2.29. The summed E-state index contributed by atoms with van der Waals surface area (Å²) in [5, 5.41) is 3.55. The molecule has 3 N–H and O–H groups in total. The van der Waals surface area contributed by atoms with E-state index < -0.39 is 10.8 Å². The van der Waals surface area contributed by atoms with Crippen molar-refractivity contribution in [2.75, 3.05) is 42.3 Å². The Hall–Kier alpha value is -1.15. The highest BCUT2D eigenvalue weighted by Gasteiger charge is 2.20. The van der Waals surface area contributed by atoms with Crippen LogP contribution >= 0.6 is 11.3 Å². The van der Waals surface area contributed by atoms with Crippen molar-refractivity contribution in [2.24, 2.45) is 0 Å². The smallest absolute Gasteiger partial charge is 0.265 e. The van der Waals surface area contributed by atoms with E-state index in [9.17, 15) is 9.00 Å². The molecule has 2 rings (SSSR count). The van der Waals surface area contributed by atoms with E-state index >= 15 is 0 Å². The summed E-state index contributed by atoms with van der Waals surface area (Å²) in [6.07, 6.45) is 5.17. The minimum absolute atomic E-state index is 0.228. The topological polar surface area (TPSA) is 88.3 Å². The highest BCUT2D eigenvalue weighted by Crippen LogP contribution is 2.29. The largest absolute Gasteiger partial charge is 0.382 e. The summed E-state index contributed by atoms with van der Waals surface area (Å²) < 4.78 is 11.0. The molecule has 6 nitrogen and oxygen atoms in total. The van der Waals surface area contributed by atoms with Gasteiger partial charge < -0.3 is 16.0 Å². The third kappa shape index (κ3) is 3.92. The maximum absolute atomic E-state index is 12.0. The van der Waals surface area contributed by atoms with Gasteiger partial charge >= 0.3 is 0 Å². The van der Waals surface area contributed by atoms with Crippen molar-refractivity contribution < 1.29 is 9.00 Å². The van der Waals surface area contributed by atoms with Gasteiger partial charge in [0.15, 0.2) is 5.13 Å². The van der Waals surface area contributed by atoms with Crippen molar-refractivity contribution in [1.29, 1.82) is 0 Å². The Balaban J connectivity index is 1.99. The number of carbonyl (C=O) groups excluding carboxylic acids is 1. The molecule has 0 spiro atoms. The van der Waals surface area contributed by atoms with E-state index in [-0.39, 0.29) is 11.7 Å². The number of carbonyl (C=O) groups is 1. The van der Waals surface area contributed by atoms with Crippen LogP contribution in [0.2, 0.25) is 0 Å². The van der Waals surface area contributed by atoms with E-state index in [1.165, 1.54) is 17.8 Å². The Morgan fingerprint density at radius 2 is 2.15 bits per heavy atom. The van der Waals surface area contributed by atoms with Crippen LogP contribution in [0.25, 0.3) is 0 Å². The molecule has 1 fully saturated rings. The molecule has 0 radical (unpaired) electrons. The minimum Gasteiger partial charge on any atom is -0.382 e. The Bertz CT molecular complexity index is 498. The molecule has 8 heteroatoms. The number of aromatic nitrogens is 1. The van der Waals surface area contributed by atoms with Crippen molar-refractivity contribution in [2.45, 2.75) is 19.3 Å². The zero-order chi connectivity index (χ0) is 14.5. The van der Waals surface area contributed by atoms with Crippen LogP contribution in [0.4, 0.5) is 10.9 Å². The lowest BCUT2D eigenvalue weighted by Gasteiger charge is -2.25. The molecule has 112 valence electrons. The molecule has 1 aromatic heterocycles. The fourth-order valence-electron chi connectivity index (χ4n) is 2.09. The van der Waals surface area contributed by atoms with Gasteiger partial charge in [0.05, 0.1) is 0 Å². The molecule has 1 saturated heterocycles. The molecule has 1 unspecified atom stereocenters. The quantitative estimate of drug-likeness (QED) is 0.840. The predicted molar refractivity (Wildman–Crippen MR) is 83.9 cm³/mol. The van der Waals surface area contributed by atoms with E-state index in [2.05, 4.69) is 15.2 Å². The number of nitrogens with one attached hydrogen (secondary N) is 1. The summed E-state index contributed by atoms with van der Waals surface area (Å²) in [4.78, 5) is 18.9. The molecule has 20 heavy (non-hydrogen) atoms. The second-order valence-electron chi connectivity index (χ2n) is 4.79. The number of anilines is 2. The summed E-state index contributed by atoms with van der Waals surface area (Å²) in [6.45, 7) is 2.34. The van der Waals surface area contributed by atoms with E-state index in [4.69, 9.17) is 5.73 Å². The Morgan fingerprint density at radius 3 is 2.80 bits per heavy atom. The lowest BCUT2D eigenvalue weighted by atomic mass is 10.1. The number of hydrogen-bond donors (Lipinski definition) is 2. The fraction of sp³-hybridized carbons (Fsp3) is 0.667. The SMILES string of the molecule is CS(=O)CCNC(=O)c1sc(N2CCCCC2)nc1N. The first-order valence-electron chi connectivity index (χ1n) is 6.67. The number of nitrogens with zero attached hydrogens (tertiary/aromatic N) is 2. The van der Waals surface area contributed by atoms with E-state index in [0.29, 0.717) is 17.2 Å². The van der Waals surface area contributed by atoms with Gasteiger partial charge in [0.25, 0.3) is 5.91 Å². The zero-order valence-corrected chi connectivity index (χ0v) is 13.2. The van der Waals surface area contributed by atoms with Crippen LogP contribution in [-0.2, 0) is 10.8 Å². The van der Waals surface area contributed by atoms with Crippen LogP contribution in [0.1, 0.15) is 28.9 Å². The van der Waals surface area contributed by atoms with Crippen molar-refractivity contribution in [3.8, 4) is 0 Å². The van der Waals surface area contributed by atoms with E-state index in [0.717, 1.165) is 31.1 Å². The Kier molecular flexibility index (Phi) is 5.36. The molecule has 1 aliphatic rings. The molecule has 2 heterocycles. The first-order chi connectivity index (χ1) is 9.58. The highest BCUT2D eigenvalue weighted by atomic mass is 32.2. The molecular weight excluding hydrogens is 296 g/mol. The highest BCUT2D eigenvalue weighted by molar-refractivity contribution is 7.84. The van der Waals surface area contributed by atoms with Crippen LogP contribution in [0.5, 0.6) is 0 Å². The van der Waals surface area contributed by atoms with Gasteiger partial charge in [0, 0.05) is 42.4 Å². The second-order valence-corrected chi connectivity index (χ2v) is 7.32. The average Bonchev–Trinajstić information content (AvgIpc) is 2.81. The van der Waals surface area contributed by atoms with Crippen LogP contribution in [-0.4, -0.2) is 46.7 Å². The first-order valence-corrected chi connectivity index (χ1v) is 9.22. The van der Waals surface area contributed by atoms with Crippen LogP contribution in [0.15, 0.2) is 0 Å². The molecular formula is C12H20N4O2S2. The van der Waals surface area contributed by atoms with E-state index in [1.807, 2.05) is 0 Å². The Morgan fingerprint density at radius 1 is 1.45 bits per heavy atom. The molecule has 0 aliphatic carbocycles. The number of piperidine rings is 1. The normalized spacial score (nSPS) is 16.9. The fourth-order valence-corrected chi connectivity index (χ4v) is 3.43. The molecule has 1 amide bonds. The third-order valence-corrected chi connectivity index (χ3v) is 5.06. The standard InChI is InChI=1S/C12H20N4O2S2/c1-20(18)8-5-14-11(17)9-10(13)15-12(19-9)16-6-3-2-4-7-16/h2-8,13H2,1H3,(H,14,17). The molecule has 1 aromatic rings. The zero-order valence-electron chi connectivity index (χ0n) is 11.6. The van der Waals surface area contributed by atoms with E-state index in [1.54, 1.807) is 6.26 Å². The number of amides is 1. The van der Waals surface area contributed by atoms with Gasteiger partial charge in [-0.05, 0) is 19.3 Å². The number of nitrogen functional groups attached to an aromatic ring is 1. The minimum atomic E-state index is -0.909. The second kappa shape index (κ2) is 7.03. The molecule has 0 aromatic carbocycles. The van der Waals surface area contributed by atoms with Gasteiger partial charge in [-0.25, -0.2) is 4.98 Å². The van der Waals surface area contributed by atoms with Crippen molar-refractivity contribution in [1.82, 2.24) is 10.3 Å². The van der Waals surface area contributed by atoms with Crippen LogP contribution < -0.4 is 16.0 Å². The summed E-state index contributed by atoms with van der Waals surface area (Å²) in [5.74, 6) is 0.503. The summed E-state index contributed by atoms with van der Waals surface area (Å²) in [7, 11) is -0.909. The van der Waals surface area contributed by atoms with Crippen molar-refractivity contribution in [3.05, 3.63) is 4.88 Å². The maximum atomic E-state index is 12.0. The van der Waals surface area contributed by atoms with Gasteiger partial charge in [-0.1, -0.05) is 11.3 Å². The monoisotopic (exact) mass is 316 g/mol. The van der Waals surface area contributed by atoms with Crippen molar-refractivity contribution in [3.63, 3.8) is 0 Å². The summed E-state index contributed by atoms with van der Waals surface area (Å²) >= 11 is 1.33. The molecule has 0 bridgehead atoms. The van der Waals surface area contributed by atoms with Crippen LogP contribution in [0, 0.1) is 0 Å². The lowest BCUT2D eigenvalue weighted by molar-refractivity contribution is 0.0961. The molecule has 1 aliphatic heterocycles. The number of thiazole rings is 1. The van der Waals surface area contributed by atoms with Gasteiger partial charge in [-0.2, -0.15) is 0 Å². The van der Waals surface area contributed by atoms with Gasteiger partial charge in [-0.3, -0.25) is 9.00 Å². The average molecular weight is 316 g/mol. The van der Waals surface area contributed by atoms with Gasteiger partial charge in [0.2, 0.25) is 0 Å². The summed E-state index contributed by atoms with van der Waals surface area (Å²) in [5.41, 5.74) is 5.83. The molecule has 0 saturated carbocycles. The number of nitrogens with two attached hydrogens (primary N) is 1. The third-order valence-electron chi connectivity index (χ3n) is 3.15. The van der Waals surface area contributed by atoms with Crippen LogP contribution in [0.3, 0.4) is 0 Å². The van der Waals surface area contributed by atoms with Gasteiger partial charge in [-0.15, -0.1) is 0 Å². The predicted octanol–water partition coefficient (Wildman–Crippen LogP) is 0.824. The maximum Gasteiger partial charge on any atom is 0.265 e. The van der Waals surface area contributed by atoms with Gasteiger partial charge in [0.1, 0.15) is 10.7 Å². The number of hydrogen-bond acceptors (Lipinski definition) is 6. The Labute approximate surface area is 125 Å². The first kappa shape index (κ1) is 15.2. The number of rotatable bonds is 5.